The van der Waals surface area contributed by atoms with Gasteiger partial charge in [0.05, 0.1) is 11.4 Å². The van der Waals surface area contributed by atoms with E-state index in [1.807, 2.05) is 6.92 Å². The van der Waals surface area contributed by atoms with Crippen LogP contribution in [-0.2, 0) is 21.4 Å². The third-order valence-corrected chi connectivity index (χ3v) is 5.10. The van der Waals surface area contributed by atoms with E-state index < -0.39 is 22.5 Å². The van der Waals surface area contributed by atoms with Gasteiger partial charge in [-0.3, -0.25) is 9.48 Å². The van der Waals surface area contributed by atoms with Gasteiger partial charge >= 0.3 is 5.97 Å². The monoisotopic (exact) mass is 303 g/mol. The number of rotatable bonds is 7. The van der Waals surface area contributed by atoms with Crippen LogP contribution in [0.4, 0.5) is 0 Å². The molecule has 0 aliphatic rings. The fourth-order valence-electron chi connectivity index (χ4n) is 2.18. The van der Waals surface area contributed by atoms with Gasteiger partial charge in [0.15, 0.2) is 0 Å². The Hall–Kier alpha value is -1.41. The van der Waals surface area contributed by atoms with E-state index in [1.165, 1.54) is 0 Å². The first kappa shape index (κ1) is 16.6. The van der Waals surface area contributed by atoms with E-state index in [0.29, 0.717) is 24.4 Å². The summed E-state index contributed by atoms with van der Waals surface area (Å²) in [7, 11) is -3.84. The highest BCUT2D eigenvalue weighted by Crippen LogP contribution is 2.23. The molecule has 0 saturated heterocycles. The molecule has 20 heavy (non-hydrogen) atoms. The van der Waals surface area contributed by atoms with Crippen molar-refractivity contribution in [2.75, 3.05) is 13.1 Å². The van der Waals surface area contributed by atoms with Gasteiger partial charge in [-0.05, 0) is 27.2 Å². The molecule has 0 aromatic carbocycles. The summed E-state index contributed by atoms with van der Waals surface area (Å²) < 4.78 is 27.9. The second-order valence-electron chi connectivity index (χ2n) is 4.55. The van der Waals surface area contributed by atoms with E-state index in [-0.39, 0.29) is 11.4 Å². The van der Waals surface area contributed by atoms with Crippen LogP contribution in [0.15, 0.2) is 4.90 Å². The van der Waals surface area contributed by atoms with E-state index in [4.69, 9.17) is 5.11 Å². The molecule has 0 unspecified atom stereocenters. The van der Waals surface area contributed by atoms with Gasteiger partial charge in [-0.1, -0.05) is 6.92 Å². The zero-order valence-electron chi connectivity index (χ0n) is 12.3. The summed E-state index contributed by atoms with van der Waals surface area (Å²) >= 11 is 0. The van der Waals surface area contributed by atoms with Crippen molar-refractivity contribution in [3.8, 4) is 0 Å². The molecular weight excluding hydrogens is 282 g/mol. The van der Waals surface area contributed by atoms with Gasteiger partial charge in [0, 0.05) is 13.1 Å². The first-order valence-electron chi connectivity index (χ1n) is 6.51. The van der Waals surface area contributed by atoms with Crippen LogP contribution in [0.5, 0.6) is 0 Å². The number of hydrogen-bond acceptors (Lipinski definition) is 4. The fourth-order valence-corrected chi connectivity index (χ4v) is 4.03. The van der Waals surface area contributed by atoms with Gasteiger partial charge in [-0.2, -0.15) is 9.40 Å². The summed E-state index contributed by atoms with van der Waals surface area (Å²) in [5.74, 6) is -1.17. The number of carbonyl (C=O) groups is 1. The molecule has 1 aromatic rings. The summed E-state index contributed by atoms with van der Waals surface area (Å²) in [5.41, 5.74) is 0.937. The standard InChI is InChI=1S/C12H21N3O4S/c1-5-7-14(8-11(16)17)20(18,19)12-9(3)13-15(6-2)10(12)4/h5-8H2,1-4H3,(H,16,17). The Labute approximate surface area is 119 Å². The zero-order valence-corrected chi connectivity index (χ0v) is 13.1. The van der Waals surface area contributed by atoms with Crippen molar-refractivity contribution in [1.82, 2.24) is 14.1 Å². The number of aryl methyl sites for hydroxylation is 2. The molecule has 1 heterocycles. The smallest absolute Gasteiger partial charge is 0.318 e. The Morgan fingerprint density at radius 3 is 2.35 bits per heavy atom. The zero-order chi connectivity index (χ0) is 15.5. The maximum Gasteiger partial charge on any atom is 0.318 e. The van der Waals surface area contributed by atoms with Crippen LogP contribution in [-0.4, -0.2) is 46.7 Å². The van der Waals surface area contributed by atoms with Crippen molar-refractivity contribution in [2.24, 2.45) is 0 Å². The summed E-state index contributed by atoms with van der Waals surface area (Å²) in [6.45, 7) is 7.18. The highest BCUT2D eigenvalue weighted by atomic mass is 32.2. The number of carboxylic acids is 1. The molecule has 0 amide bonds. The van der Waals surface area contributed by atoms with E-state index in [0.717, 1.165) is 4.31 Å². The molecule has 114 valence electrons. The molecule has 7 nitrogen and oxygen atoms in total. The lowest BCUT2D eigenvalue weighted by Crippen LogP contribution is -2.36. The van der Waals surface area contributed by atoms with Gasteiger partial charge in [-0.15, -0.1) is 0 Å². The van der Waals surface area contributed by atoms with Crippen molar-refractivity contribution in [2.45, 2.75) is 45.6 Å². The van der Waals surface area contributed by atoms with E-state index in [9.17, 15) is 13.2 Å². The van der Waals surface area contributed by atoms with E-state index in [2.05, 4.69) is 5.10 Å². The number of aliphatic carboxylic acids is 1. The predicted octanol–water partition coefficient (Wildman–Crippen LogP) is 1.01. The van der Waals surface area contributed by atoms with Crippen molar-refractivity contribution >= 4 is 16.0 Å². The Balaban J connectivity index is 3.33. The molecule has 0 saturated carbocycles. The van der Waals surface area contributed by atoms with E-state index in [1.54, 1.807) is 25.5 Å². The second-order valence-corrected chi connectivity index (χ2v) is 6.42. The van der Waals surface area contributed by atoms with Crippen molar-refractivity contribution in [3.05, 3.63) is 11.4 Å². The van der Waals surface area contributed by atoms with Gasteiger partial charge in [0.2, 0.25) is 10.0 Å². The number of nitrogens with zero attached hydrogens (tertiary/aromatic N) is 3. The van der Waals surface area contributed by atoms with Gasteiger partial charge in [-0.25, -0.2) is 8.42 Å². The first-order chi connectivity index (χ1) is 9.25. The van der Waals surface area contributed by atoms with Crippen molar-refractivity contribution in [3.63, 3.8) is 0 Å². The summed E-state index contributed by atoms with van der Waals surface area (Å²) in [4.78, 5) is 11.0. The lowest BCUT2D eigenvalue weighted by molar-refractivity contribution is -0.137. The minimum Gasteiger partial charge on any atom is -0.480 e. The first-order valence-corrected chi connectivity index (χ1v) is 7.95. The van der Waals surface area contributed by atoms with Crippen LogP contribution in [0.2, 0.25) is 0 Å². The molecule has 0 spiro atoms. The summed E-state index contributed by atoms with van der Waals surface area (Å²) in [6, 6.07) is 0. The Bertz CT molecular complexity index is 592. The lowest BCUT2D eigenvalue weighted by atomic mass is 10.4. The van der Waals surface area contributed by atoms with Crippen molar-refractivity contribution < 1.29 is 18.3 Å². The number of carboxylic acid groups (broad SMARTS) is 1. The summed E-state index contributed by atoms with van der Waals surface area (Å²) in [5, 5.41) is 13.1. The fraction of sp³-hybridized carbons (Fsp3) is 0.667. The van der Waals surface area contributed by atoms with Crippen LogP contribution in [0.25, 0.3) is 0 Å². The van der Waals surface area contributed by atoms with Gasteiger partial charge in [0.1, 0.15) is 11.4 Å². The van der Waals surface area contributed by atoms with Crippen LogP contribution >= 0.6 is 0 Å². The molecule has 0 aliphatic heterocycles. The third-order valence-electron chi connectivity index (χ3n) is 3.00. The largest absolute Gasteiger partial charge is 0.480 e. The quantitative estimate of drug-likeness (QED) is 0.811. The van der Waals surface area contributed by atoms with Crippen LogP contribution in [0.1, 0.15) is 31.7 Å². The molecule has 1 aromatic heterocycles. The van der Waals surface area contributed by atoms with Crippen molar-refractivity contribution in [1.29, 1.82) is 0 Å². The normalized spacial score (nSPS) is 12.1. The average Bonchev–Trinajstić information content (AvgIpc) is 2.63. The SMILES string of the molecule is CCCN(CC(=O)O)S(=O)(=O)c1c(C)nn(CC)c1C. The molecule has 0 atom stereocenters. The van der Waals surface area contributed by atoms with Crippen LogP contribution in [0, 0.1) is 13.8 Å². The maximum absolute atomic E-state index is 12.6. The molecule has 1 N–H and O–H groups in total. The molecule has 0 fully saturated rings. The molecule has 0 radical (unpaired) electrons. The maximum atomic E-state index is 12.6. The lowest BCUT2D eigenvalue weighted by Gasteiger charge is -2.19. The van der Waals surface area contributed by atoms with Gasteiger partial charge in [0.25, 0.3) is 0 Å². The summed E-state index contributed by atoms with van der Waals surface area (Å²) in [6.07, 6.45) is 0.548. The molecule has 0 bridgehead atoms. The van der Waals surface area contributed by atoms with Crippen LogP contribution in [0.3, 0.4) is 0 Å². The minimum atomic E-state index is -3.84. The second kappa shape index (κ2) is 6.36. The minimum absolute atomic E-state index is 0.119. The molecule has 1 rings (SSSR count). The van der Waals surface area contributed by atoms with E-state index >= 15 is 0 Å². The van der Waals surface area contributed by atoms with Gasteiger partial charge < -0.3 is 5.11 Å². The molecule has 0 aliphatic carbocycles. The third kappa shape index (κ3) is 3.18. The molecular formula is C12H21N3O4S. The molecule has 8 heteroatoms. The number of sulfonamides is 1. The highest BCUT2D eigenvalue weighted by Gasteiger charge is 2.31. The Kier molecular flexibility index (Phi) is 5.29. The Morgan fingerprint density at radius 1 is 1.35 bits per heavy atom. The topological polar surface area (TPSA) is 92.5 Å². The number of aromatic nitrogens is 2. The average molecular weight is 303 g/mol. The van der Waals surface area contributed by atoms with Crippen LogP contribution < -0.4 is 0 Å². The number of hydrogen-bond donors (Lipinski definition) is 1. The predicted molar refractivity (Wildman–Crippen MR) is 74.1 cm³/mol. The Morgan fingerprint density at radius 2 is 1.95 bits per heavy atom. The highest BCUT2D eigenvalue weighted by molar-refractivity contribution is 7.89.